The van der Waals surface area contributed by atoms with E-state index in [4.69, 9.17) is 12.6 Å². The Labute approximate surface area is 224 Å². The van der Waals surface area contributed by atoms with Crippen LogP contribution >= 0.6 is 0 Å². The van der Waals surface area contributed by atoms with E-state index in [1.165, 1.54) is 0 Å². The molecule has 1 nitrogen and oxygen atoms in total. The Bertz CT molecular complexity index is 2470. The van der Waals surface area contributed by atoms with Gasteiger partial charge < -0.3 is 4.42 Å². The predicted octanol–water partition coefficient (Wildman–Crippen LogP) is 10.4. The largest absolute Gasteiger partial charge is 0.456 e. The fraction of sp³-hybridized carbons (Fsp3) is 0. The van der Waals surface area contributed by atoms with Gasteiger partial charge in [0.25, 0.3) is 0 Å². The van der Waals surface area contributed by atoms with Crippen LogP contribution in [0.4, 0.5) is 0 Å². The van der Waals surface area contributed by atoms with Crippen LogP contribution in [-0.2, 0) is 0 Å². The molecule has 0 amide bonds. The Kier molecular flexibility index (Phi) is 3.09. The summed E-state index contributed by atoms with van der Waals surface area (Å²) >= 11 is 0. The number of benzene rings is 7. The normalized spacial score (nSPS) is 14.4. The van der Waals surface area contributed by atoms with E-state index < -0.39 is 12.1 Å². The van der Waals surface area contributed by atoms with Gasteiger partial charge in [-0.1, -0.05) is 121 Å². The summed E-state index contributed by atoms with van der Waals surface area (Å²) in [5.74, 6) is 0. The molecule has 37 heavy (non-hydrogen) atoms. The third-order valence-electron chi connectivity index (χ3n) is 7.19. The molecular formula is C36H22O. The lowest BCUT2D eigenvalue weighted by molar-refractivity contribution is 0.669. The van der Waals surface area contributed by atoms with Gasteiger partial charge in [-0.2, -0.15) is 0 Å². The smallest absolute Gasteiger partial charge is 0.136 e. The molecule has 0 aliphatic heterocycles. The van der Waals surface area contributed by atoms with Crippen molar-refractivity contribution < 1.29 is 14.0 Å². The number of fused-ring (bicyclic) bond motifs is 6. The van der Waals surface area contributed by atoms with Crippen molar-refractivity contribution in [2.75, 3.05) is 0 Å². The highest BCUT2D eigenvalue weighted by Gasteiger charge is 2.20. The minimum Gasteiger partial charge on any atom is -0.456 e. The molecule has 0 atom stereocenters. The van der Waals surface area contributed by atoms with Gasteiger partial charge in [-0.3, -0.25) is 0 Å². The van der Waals surface area contributed by atoms with Gasteiger partial charge >= 0.3 is 0 Å². The first-order valence-corrected chi connectivity index (χ1v) is 12.1. The summed E-state index contributed by atoms with van der Waals surface area (Å²) in [6.07, 6.45) is 0. The third-order valence-corrected chi connectivity index (χ3v) is 7.19. The lowest BCUT2D eigenvalue weighted by atomic mass is 9.84. The van der Waals surface area contributed by atoms with Crippen molar-refractivity contribution in [1.29, 1.82) is 0 Å². The van der Waals surface area contributed by atoms with E-state index in [-0.39, 0.29) is 52.2 Å². The number of para-hydroxylation sites is 1. The van der Waals surface area contributed by atoms with Crippen molar-refractivity contribution >= 4 is 54.3 Å². The van der Waals surface area contributed by atoms with Crippen LogP contribution in [0.25, 0.3) is 76.5 Å². The number of furan rings is 1. The molecule has 0 fully saturated rings. The average molecular weight is 478 g/mol. The molecule has 0 aliphatic rings. The average Bonchev–Trinajstić information content (AvgIpc) is 3.45. The minimum absolute atomic E-state index is 0.0331. The van der Waals surface area contributed by atoms with Gasteiger partial charge in [-0.15, -0.1) is 0 Å². The molecule has 0 saturated heterocycles. The van der Waals surface area contributed by atoms with Crippen molar-refractivity contribution in [3.8, 4) is 22.3 Å². The van der Waals surface area contributed by atoms with E-state index in [1.807, 2.05) is 66.7 Å². The third kappa shape index (κ3) is 2.92. The molecule has 172 valence electrons. The monoisotopic (exact) mass is 477 g/mol. The summed E-state index contributed by atoms with van der Waals surface area (Å²) in [5.41, 5.74) is 2.92. The molecule has 0 saturated carbocycles. The fourth-order valence-corrected chi connectivity index (χ4v) is 5.68. The van der Waals surface area contributed by atoms with Gasteiger partial charge in [-0.25, -0.2) is 0 Å². The highest BCUT2D eigenvalue weighted by atomic mass is 16.3. The molecule has 8 aromatic rings. The van der Waals surface area contributed by atoms with Crippen LogP contribution in [0.15, 0.2) is 138 Å². The first kappa shape index (κ1) is 14.6. The zero-order valence-electron chi connectivity index (χ0n) is 26.6. The van der Waals surface area contributed by atoms with E-state index in [0.29, 0.717) is 11.1 Å². The van der Waals surface area contributed by atoms with Gasteiger partial charge in [0.05, 0.1) is 9.60 Å². The number of hydrogen-bond donors (Lipinski definition) is 0. The van der Waals surface area contributed by atoms with Crippen molar-refractivity contribution in [2.24, 2.45) is 0 Å². The standard InChI is InChI=1S/C36H22O/c1-2-13-24-23(11-1)12-9-19-25(24)34-26-14-3-5-16-28(26)35(29-17-6-4-15-27(29)34)31-20-10-22-33-36(31)30-18-7-8-21-32(30)37-33/h1-22H/i7D,8D,10D,18D,20D,21D,22D. The fourth-order valence-electron chi connectivity index (χ4n) is 5.68. The summed E-state index contributed by atoms with van der Waals surface area (Å²) < 4.78 is 66.6. The maximum atomic E-state index is 9.22. The van der Waals surface area contributed by atoms with Gasteiger partial charge in [0.1, 0.15) is 11.2 Å². The molecule has 7 aromatic carbocycles. The molecule has 1 heteroatoms. The highest BCUT2D eigenvalue weighted by molar-refractivity contribution is 6.26. The quantitative estimate of drug-likeness (QED) is 0.226. The van der Waals surface area contributed by atoms with E-state index in [1.54, 1.807) is 0 Å². The molecular weight excluding hydrogens is 448 g/mol. The van der Waals surface area contributed by atoms with Gasteiger partial charge in [-0.05, 0) is 66.7 Å². The summed E-state index contributed by atoms with van der Waals surface area (Å²) in [6, 6.07) is 27.9. The van der Waals surface area contributed by atoms with Gasteiger partial charge in [0, 0.05) is 10.8 Å². The molecule has 0 bridgehead atoms. The summed E-state index contributed by atoms with van der Waals surface area (Å²) in [7, 11) is 0. The van der Waals surface area contributed by atoms with Crippen LogP contribution < -0.4 is 0 Å². The van der Waals surface area contributed by atoms with Crippen molar-refractivity contribution in [3.63, 3.8) is 0 Å². The van der Waals surface area contributed by atoms with Crippen LogP contribution in [0.3, 0.4) is 0 Å². The molecule has 1 aromatic heterocycles. The predicted molar refractivity (Wildman–Crippen MR) is 157 cm³/mol. The van der Waals surface area contributed by atoms with Crippen molar-refractivity contribution in [3.05, 3.63) is 133 Å². The Morgan fingerprint density at radius 1 is 0.432 bits per heavy atom. The second kappa shape index (κ2) is 7.81. The Morgan fingerprint density at radius 2 is 1.00 bits per heavy atom. The zero-order valence-corrected chi connectivity index (χ0v) is 19.6. The molecule has 0 spiro atoms. The Hall–Kier alpha value is -4.88. The Balaban J connectivity index is 1.64. The summed E-state index contributed by atoms with van der Waals surface area (Å²) in [5, 5.41) is 6.06. The van der Waals surface area contributed by atoms with E-state index >= 15 is 0 Å². The van der Waals surface area contributed by atoms with Gasteiger partial charge in [0.2, 0.25) is 0 Å². The zero-order chi connectivity index (χ0) is 30.4. The Morgan fingerprint density at radius 3 is 1.73 bits per heavy atom. The lowest BCUT2D eigenvalue weighted by Gasteiger charge is -2.19. The van der Waals surface area contributed by atoms with Crippen molar-refractivity contribution in [1.82, 2.24) is 0 Å². The first-order chi connectivity index (χ1) is 21.3. The molecule has 0 aliphatic carbocycles. The molecule has 0 unspecified atom stereocenters. The topological polar surface area (TPSA) is 13.1 Å². The van der Waals surface area contributed by atoms with Crippen LogP contribution in [0.1, 0.15) is 9.60 Å². The maximum Gasteiger partial charge on any atom is 0.136 e. The highest BCUT2D eigenvalue weighted by Crippen LogP contribution is 2.47. The molecule has 1 heterocycles. The molecule has 0 N–H and O–H groups in total. The lowest BCUT2D eigenvalue weighted by Crippen LogP contribution is -1.92. The van der Waals surface area contributed by atoms with E-state index in [0.717, 1.165) is 43.4 Å². The van der Waals surface area contributed by atoms with Crippen LogP contribution in [-0.4, -0.2) is 0 Å². The van der Waals surface area contributed by atoms with Crippen LogP contribution in [0, 0.1) is 0 Å². The molecule has 8 rings (SSSR count). The van der Waals surface area contributed by atoms with Crippen LogP contribution in [0.2, 0.25) is 0 Å². The summed E-state index contributed by atoms with van der Waals surface area (Å²) in [4.78, 5) is 0. The minimum atomic E-state index is -0.442. The number of rotatable bonds is 2. The van der Waals surface area contributed by atoms with Crippen LogP contribution in [0.5, 0.6) is 0 Å². The number of hydrogen-bond acceptors (Lipinski definition) is 1. The van der Waals surface area contributed by atoms with Gasteiger partial charge in [0.15, 0.2) is 0 Å². The second-order valence-corrected chi connectivity index (χ2v) is 9.13. The van der Waals surface area contributed by atoms with E-state index in [2.05, 4.69) is 24.3 Å². The summed E-state index contributed by atoms with van der Waals surface area (Å²) in [6.45, 7) is 0. The first-order valence-electron chi connectivity index (χ1n) is 15.6. The second-order valence-electron chi connectivity index (χ2n) is 9.13. The van der Waals surface area contributed by atoms with Crippen molar-refractivity contribution in [2.45, 2.75) is 0 Å². The SMILES string of the molecule is [2H]c1c([2H])c([2H])c2c(oc3c([2H])c([2H])c([2H])c(-c4c5ccccc5c(-c5cccc6ccccc56)c5ccccc45)c32)c1[2H]. The maximum absolute atomic E-state index is 9.22. The molecule has 0 radical (unpaired) electrons. The van der Waals surface area contributed by atoms with E-state index in [9.17, 15) is 1.37 Å².